The molecule has 2 heteroatoms. The van der Waals surface area contributed by atoms with Gasteiger partial charge in [-0.15, -0.1) is 0 Å². The van der Waals surface area contributed by atoms with Crippen LogP contribution in [-0.2, 0) is 21.1 Å². The summed E-state index contributed by atoms with van der Waals surface area (Å²) in [5.41, 5.74) is 8.30. The summed E-state index contributed by atoms with van der Waals surface area (Å²) in [6.07, 6.45) is 0.921. The van der Waals surface area contributed by atoms with Crippen LogP contribution in [-0.4, -0.2) is 6.54 Å². The fourth-order valence-corrected chi connectivity index (χ4v) is 1.98. The van der Waals surface area contributed by atoms with Crippen LogP contribution in [0.25, 0.3) is 0 Å². The van der Waals surface area contributed by atoms with E-state index in [0.29, 0.717) is 0 Å². The predicted octanol–water partition coefficient (Wildman–Crippen LogP) is 3.86. The number of hydrogen-bond acceptors (Lipinski definition) is 1. The molecule has 0 aliphatic carbocycles. The first kappa shape index (κ1) is 15.7. The van der Waals surface area contributed by atoms with Crippen LogP contribution >= 0.6 is 0 Å². The van der Waals surface area contributed by atoms with E-state index in [9.17, 15) is 0 Å². The van der Waals surface area contributed by atoms with Gasteiger partial charge in [-0.25, -0.2) is 0 Å². The van der Waals surface area contributed by atoms with Gasteiger partial charge in [0.2, 0.25) is 0 Å². The Morgan fingerprint density at radius 1 is 0.812 bits per heavy atom. The van der Waals surface area contributed by atoms with Crippen molar-refractivity contribution < 1.29 is 21.1 Å². The van der Waals surface area contributed by atoms with Gasteiger partial charge in [-0.2, -0.15) is 6.42 Å². The van der Waals surface area contributed by atoms with Crippen molar-refractivity contribution in [3.8, 4) is 0 Å². The molecule has 0 bridgehead atoms. The minimum absolute atomic E-state index is 0. The Balaban J connectivity index is 0.00000225. The molecule has 0 unspecified atom stereocenters. The molecule has 1 N–H and O–H groups in total. The smallest absolute Gasteiger partial charge is 0.0404 e. The van der Waals surface area contributed by atoms with E-state index in [1.165, 1.54) is 33.5 Å². The minimum Gasteiger partial charge on any atom is -0.387 e. The summed E-state index contributed by atoms with van der Waals surface area (Å²) in [6.45, 7) is 15.8. The van der Waals surface area contributed by atoms with Gasteiger partial charge in [0.15, 0.2) is 0 Å². The third-order valence-electron chi connectivity index (χ3n) is 3.48. The van der Waals surface area contributed by atoms with Crippen LogP contribution in [0.15, 0.2) is 0 Å². The van der Waals surface area contributed by atoms with Crippen molar-refractivity contribution in [2.75, 3.05) is 11.9 Å². The molecule has 0 spiro atoms. The summed E-state index contributed by atoms with van der Waals surface area (Å²) in [6, 6.07) is 0. The van der Waals surface area contributed by atoms with E-state index in [-0.39, 0.29) is 21.1 Å². The zero-order valence-corrected chi connectivity index (χ0v) is 14.0. The maximum Gasteiger partial charge on any atom is 0.0404 e. The minimum atomic E-state index is 0. The van der Waals surface area contributed by atoms with E-state index < -0.39 is 0 Å². The summed E-state index contributed by atoms with van der Waals surface area (Å²) in [4.78, 5) is 0. The van der Waals surface area contributed by atoms with Crippen molar-refractivity contribution in [3.63, 3.8) is 0 Å². The van der Waals surface area contributed by atoms with E-state index in [1.807, 2.05) is 0 Å². The first-order valence-corrected chi connectivity index (χ1v) is 5.60. The van der Waals surface area contributed by atoms with Gasteiger partial charge in [-0.3, -0.25) is 0 Å². The first-order chi connectivity index (χ1) is 7.00. The molecule has 0 saturated heterocycles. The Kier molecular flexibility index (Phi) is 6.33. The largest absolute Gasteiger partial charge is 0.387 e. The van der Waals surface area contributed by atoms with Gasteiger partial charge < -0.3 is 12.2 Å². The zero-order chi connectivity index (χ0) is 11.6. The van der Waals surface area contributed by atoms with Gasteiger partial charge in [0.05, 0.1) is 0 Å². The zero-order valence-electron chi connectivity index (χ0n) is 11.0. The van der Waals surface area contributed by atoms with Crippen LogP contribution in [0.2, 0.25) is 0 Å². The maximum atomic E-state index is 3.86. The number of benzene rings is 1. The molecule has 0 amide bonds. The Morgan fingerprint density at radius 2 is 1.19 bits per heavy atom. The summed E-state index contributed by atoms with van der Waals surface area (Å²) in [5.74, 6) is 0. The summed E-state index contributed by atoms with van der Waals surface area (Å²) in [5, 5.41) is 3.48. The normalized spacial score (nSPS) is 9.88. The monoisotopic (exact) mass is 388 g/mol. The summed E-state index contributed by atoms with van der Waals surface area (Å²) >= 11 is 0. The average molecular weight is 388 g/mol. The quantitative estimate of drug-likeness (QED) is 0.776. The second-order valence-electron chi connectivity index (χ2n) is 4.28. The Hall–Kier alpha value is -0.292. The van der Waals surface area contributed by atoms with Gasteiger partial charge in [-0.1, -0.05) is 0 Å². The Labute approximate surface area is 114 Å². The molecule has 16 heavy (non-hydrogen) atoms. The average Bonchev–Trinajstić information content (AvgIpc) is 2.24. The third-order valence-corrected chi connectivity index (χ3v) is 3.48. The second kappa shape index (κ2) is 6.45. The molecule has 1 aromatic rings. The van der Waals surface area contributed by atoms with Crippen LogP contribution in [0.3, 0.4) is 0 Å². The van der Waals surface area contributed by atoms with Gasteiger partial charge in [0.25, 0.3) is 0 Å². The fraction of sp³-hybridized carbons (Fsp3) is 0.500. The molecule has 90 valence electrons. The SMILES string of the molecule is [CH2-]CCNc1c(C)c(C)c(C)c(C)c1C.[W]. The van der Waals surface area contributed by atoms with E-state index >= 15 is 0 Å². The van der Waals surface area contributed by atoms with Crippen molar-refractivity contribution in [1.82, 2.24) is 0 Å². The summed E-state index contributed by atoms with van der Waals surface area (Å²) < 4.78 is 0. The van der Waals surface area contributed by atoms with Gasteiger partial charge in [0, 0.05) is 26.8 Å². The maximum absolute atomic E-state index is 3.86. The number of rotatable bonds is 3. The molecule has 0 atom stereocenters. The van der Waals surface area contributed by atoms with Crippen LogP contribution < -0.4 is 5.32 Å². The number of hydrogen-bond donors (Lipinski definition) is 1. The first-order valence-electron chi connectivity index (χ1n) is 5.60. The fourth-order valence-electron chi connectivity index (χ4n) is 1.98. The Bertz CT molecular complexity index is 340. The van der Waals surface area contributed by atoms with Gasteiger partial charge >= 0.3 is 0 Å². The standard InChI is InChI=1S/C14H22N.W/c1-7-8-15-14-12(5)10(3)9(2)11(4)13(14)6;/h15H,1,7-8H2,2-6H3;/q-1;. The van der Waals surface area contributed by atoms with E-state index in [2.05, 4.69) is 46.9 Å². The molecule has 0 fully saturated rings. The molecular formula is C14H22NW-. The molecule has 0 aliphatic heterocycles. The van der Waals surface area contributed by atoms with Crippen LogP contribution in [0.4, 0.5) is 5.69 Å². The number of anilines is 1. The topological polar surface area (TPSA) is 12.0 Å². The molecule has 0 saturated carbocycles. The van der Waals surface area contributed by atoms with Crippen LogP contribution in [0, 0.1) is 41.5 Å². The van der Waals surface area contributed by atoms with Crippen molar-refractivity contribution in [3.05, 3.63) is 34.7 Å². The molecule has 0 radical (unpaired) electrons. The van der Waals surface area contributed by atoms with Gasteiger partial charge in [0.1, 0.15) is 0 Å². The molecular weight excluding hydrogens is 366 g/mol. The number of nitrogens with one attached hydrogen (secondary N) is 1. The van der Waals surface area contributed by atoms with Crippen LogP contribution in [0.1, 0.15) is 34.2 Å². The van der Waals surface area contributed by atoms with Crippen molar-refractivity contribution in [2.45, 2.75) is 41.0 Å². The molecule has 0 aromatic heterocycles. The van der Waals surface area contributed by atoms with Crippen LogP contribution in [0.5, 0.6) is 0 Å². The Morgan fingerprint density at radius 3 is 1.56 bits per heavy atom. The van der Waals surface area contributed by atoms with Crippen molar-refractivity contribution >= 4 is 5.69 Å². The van der Waals surface area contributed by atoms with E-state index in [4.69, 9.17) is 0 Å². The van der Waals surface area contributed by atoms with E-state index in [0.717, 1.165) is 13.0 Å². The van der Waals surface area contributed by atoms with Crippen molar-refractivity contribution in [1.29, 1.82) is 0 Å². The van der Waals surface area contributed by atoms with Crippen molar-refractivity contribution in [2.24, 2.45) is 0 Å². The molecule has 1 aromatic carbocycles. The molecule has 1 nitrogen and oxygen atoms in total. The second-order valence-corrected chi connectivity index (χ2v) is 4.28. The van der Waals surface area contributed by atoms with Gasteiger partial charge in [-0.05, 0) is 69.0 Å². The molecule has 1 rings (SSSR count). The predicted molar refractivity (Wildman–Crippen MR) is 68.6 cm³/mol. The van der Waals surface area contributed by atoms with E-state index in [1.54, 1.807) is 0 Å². The molecule has 0 heterocycles. The third kappa shape index (κ3) is 2.88. The summed E-state index contributed by atoms with van der Waals surface area (Å²) in [7, 11) is 0. The molecule has 0 aliphatic rings.